The van der Waals surface area contributed by atoms with Crippen LogP contribution < -0.4 is 24.6 Å². The van der Waals surface area contributed by atoms with Crippen molar-refractivity contribution in [1.29, 1.82) is 0 Å². The van der Waals surface area contributed by atoms with E-state index in [1.54, 1.807) is 0 Å². The molecule has 0 heterocycles. The summed E-state index contributed by atoms with van der Waals surface area (Å²) < 4.78 is 130. The summed E-state index contributed by atoms with van der Waals surface area (Å²) in [5.74, 6) is 0. The van der Waals surface area contributed by atoms with Gasteiger partial charge in [0.05, 0.1) is 0 Å². The van der Waals surface area contributed by atoms with Gasteiger partial charge in [0, 0.05) is 20.8 Å². The van der Waals surface area contributed by atoms with Crippen molar-refractivity contribution in [1.82, 2.24) is 24.6 Å². The molecule has 0 aliphatic carbocycles. The van der Waals surface area contributed by atoms with Gasteiger partial charge in [-0.2, -0.15) is 0 Å². The summed E-state index contributed by atoms with van der Waals surface area (Å²) in [4.78, 5) is 0. The molecule has 0 amide bonds. The fourth-order valence-electron chi connectivity index (χ4n) is 0.0680. The molecule has 0 saturated carbocycles. The Morgan fingerprint density at radius 3 is 0.560 bits per heavy atom. The third-order valence-corrected chi connectivity index (χ3v) is 0.750. The fraction of sp³-hybridized carbons (Fsp3) is 0. The SMILES string of the molecule is O=S(=O)([O-])OOS(=O)(=O)[O-].O=S(=O)([O-])[O-].O=S(=O)([O-])[O-].[Fe+2].[NH4+].[NH4+].[NH4+].[NH4+]. The second-order valence-corrected chi connectivity index (χ2v) is 5.31. The Kier molecular flexibility index (Phi) is 37.1. The Balaban J connectivity index is -0.0000000283. The Labute approximate surface area is 153 Å². The van der Waals surface area contributed by atoms with Gasteiger partial charge in [0.1, 0.15) is 0 Å². The molecule has 0 radical (unpaired) electrons. The molecule has 0 spiro atoms. The molecular formula is H16FeN4O16S4. The minimum atomic E-state index is -5.31. The molecule has 25 heavy (non-hydrogen) atoms. The minimum absolute atomic E-state index is 0. The Bertz CT molecular complexity index is 592. The first-order valence-electron chi connectivity index (χ1n) is 2.83. The zero-order valence-electron chi connectivity index (χ0n) is 12.5. The normalized spacial score (nSPS) is 10.0. The molecule has 0 saturated heterocycles. The topological polar surface area (TPSA) is 439 Å². The molecule has 0 bridgehead atoms. The monoisotopic (exact) mass is 512 g/mol. The van der Waals surface area contributed by atoms with Gasteiger partial charge >= 0.3 is 17.1 Å². The van der Waals surface area contributed by atoms with Crippen molar-refractivity contribution in [3.8, 4) is 0 Å². The third kappa shape index (κ3) is 243. The van der Waals surface area contributed by atoms with E-state index in [1.807, 2.05) is 0 Å². The van der Waals surface area contributed by atoms with E-state index in [0.717, 1.165) is 0 Å². The van der Waals surface area contributed by atoms with E-state index in [4.69, 9.17) is 35.0 Å². The smallest absolute Gasteiger partial charge is 0.759 e. The van der Waals surface area contributed by atoms with Crippen molar-refractivity contribution >= 4 is 41.6 Å². The summed E-state index contributed by atoms with van der Waals surface area (Å²) in [5.41, 5.74) is 0. The number of quaternary nitrogens is 4. The van der Waals surface area contributed by atoms with Crippen LogP contribution in [0.2, 0.25) is 0 Å². The summed E-state index contributed by atoms with van der Waals surface area (Å²) >= 11 is 0. The van der Waals surface area contributed by atoms with Crippen molar-refractivity contribution in [2.45, 2.75) is 0 Å². The van der Waals surface area contributed by atoms with Gasteiger partial charge < -0.3 is 51.9 Å². The molecule has 0 rings (SSSR count). The van der Waals surface area contributed by atoms with E-state index in [9.17, 15) is 25.9 Å². The zero-order valence-corrected chi connectivity index (χ0v) is 16.9. The summed E-state index contributed by atoms with van der Waals surface area (Å²) in [7, 11) is -21.0. The molecule has 0 aromatic rings. The maximum absolute atomic E-state index is 9.37. The first-order valence-corrected chi connectivity index (χ1v) is 8.17. The molecule has 0 aliphatic heterocycles. The average Bonchev–Trinajstić information content (AvgIpc) is 1.90. The van der Waals surface area contributed by atoms with Crippen LogP contribution in [0.5, 0.6) is 0 Å². The van der Waals surface area contributed by atoms with Crippen LogP contribution in [0.25, 0.3) is 0 Å². The van der Waals surface area contributed by atoms with Gasteiger partial charge in [-0.15, -0.1) is 8.67 Å². The Hall–Kier alpha value is -0.161. The largest absolute Gasteiger partial charge is 2.00 e. The quantitative estimate of drug-likeness (QED) is 0.0944. The van der Waals surface area contributed by atoms with Crippen LogP contribution in [0, 0.1) is 0 Å². The third-order valence-electron chi connectivity index (χ3n) is 0.194. The van der Waals surface area contributed by atoms with Gasteiger partial charge in [-0.1, -0.05) is 0 Å². The van der Waals surface area contributed by atoms with Gasteiger partial charge in [0.2, 0.25) is 20.8 Å². The van der Waals surface area contributed by atoms with Crippen LogP contribution in [0.3, 0.4) is 0 Å². The molecule has 16 N–H and O–H groups in total. The molecule has 0 unspecified atom stereocenters. The first-order chi connectivity index (χ1) is 8.21. The van der Waals surface area contributed by atoms with Crippen LogP contribution in [-0.4, -0.2) is 61.0 Å². The molecule has 0 aromatic heterocycles. The maximum atomic E-state index is 9.37. The first kappa shape index (κ1) is 49.8. The van der Waals surface area contributed by atoms with Crippen LogP contribution >= 0.6 is 0 Å². The van der Waals surface area contributed by atoms with Crippen molar-refractivity contribution < 1.29 is 86.7 Å². The maximum Gasteiger partial charge on any atom is 2.00 e. The van der Waals surface area contributed by atoms with Gasteiger partial charge in [-0.25, -0.2) is 16.8 Å². The number of hydrogen-bond donors (Lipinski definition) is 4. The molecule has 164 valence electrons. The molecule has 0 fully saturated rings. The van der Waals surface area contributed by atoms with E-state index in [2.05, 4.69) is 8.67 Å². The standard InChI is InChI=1S/Fe.4H3N.H2O8S2.2H2O4S/c;;;;;1-9(2,3)7-8-10(4,5)6;2*1-5(2,3)4/h;4*1H3;(H,1,2,3)(H,4,5,6);2*(H2,1,2,3,4)/q+2;;;;;;;/p-2. The molecule has 0 aromatic carbocycles. The van der Waals surface area contributed by atoms with E-state index in [-0.39, 0.29) is 41.7 Å². The predicted molar refractivity (Wildman–Crippen MR) is 66.5 cm³/mol. The van der Waals surface area contributed by atoms with Gasteiger partial charge in [-0.05, 0) is 0 Å². The van der Waals surface area contributed by atoms with E-state index >= 15 is 0 Å². The summed E-state index contributed by atoms with van der Waals surface area (Å²) in [6.45, 7) is 0. The second kappa shape index (κ2) is 18.6. The molecule has 0 aliphatic rings. The molecular weight excluding hydrogens is 496 g/mol. The van der Waals surface area contributed by atoms with Gasteiger partial charge in [0.25, 0.3) is 0 Å². The van der Waals surface area contributed by atoms with Crippen LogP contribution in [-0.2, 0) is 67.3 Å². The van der Waals surface area contributed by atoms with Crippen molar-refractivity contribution in [2.24, 2.45) is 0 Å². The van der Waals surface area contributed by atoms with Crippen LogP contribution in [0.1, 0.15) is 0 Å². The van der Waals surface area contributed by atoms with Crippen molar-refractivity contribution in [3.63, 3.8) is 0 Å². The zero-order chi connectivity index (χ0) is 17.4. The summed E-state index contributed by atoms with van der Waals surface area (Å²) in [6, 6.07) is 0. The average molecular weight is 512 g/mol. The molecule has 20 nitrogen and oxygen atoms in total. The second-order valence-electron chi connectivity index (χ2n) is 1.77. The predicted octanol–water partition coefficient (Wildman–Crippen LogP) is -3.32. The number of hydrogen-bond acceptors (Lipinski definition) is 16. The molecule has 0 atom stereocenters. The van der Waals surface area contributed by atoms with Crippen LogP contribution in [0.15, 0.2) is 0 Å². The Morgan fingerprint density at radius 1 is 0.440 bits per heavy atom. The minimum Gasteiger partial charge on any atom is -0.759 e. The summed E-state index contributed by atoms with van der Waals surface area (Å²) in [6.07, 6.45) is 0. The van der Waals surface area contributed by atoms with Gasteiger partial charge in [-0.3, -0.25) is 16.8 Å². The summed E-state index contributed by atoms with van der Waals surface area (Å²) in [5, 5.41) is 0. The van der Waals surface area contributed by atoms with Crippen molar-refractivity contribution in [3.05, 3.63) is 0 Å². The Morgan fingerprint density at radius 2 is 0.520 bits per heavy atom. The number of rotatable bonds is 3. The van der Waals surface area contributed by atoms with Crippen molar-refractivity contribution in [2.75, 3.05) is 0 Å². The van der Waals surface area contributed by atoms with E-state index in [0.29, 0.717) is 0 Å². The van der Waals surface area contributed by atoms with Gasteiger partial charge in [0.15, 0.2) is 0 Å². The fourth-order valence-corrected chi connectivity index (χ4v) is 0.612. The van der Waals surface area contributed by atoms with E-state index < -0.39 is 41.6 Å². The molecule has 25 heteroatoms. The van der Waals surface area contributed by atoms with Crippen LogP contribution in [0.4, 0.5) is 0 Å². The van der Waals surface area contributed by atoms with E-state index in [1.165, 1.54) is 0 Å².